The molecule has 0 aromatic heterocycles. The maximum Gasteiger partial charge on any atom is 0.0853 e. The van der Waals surface area contributed by atoms with Gasteiger partial charge >= 0.3 is 0 Å². The monoisotopic (exact) mass is 780 g/mol. The van der Waals surface area contributed by atoms with E-state index in [9.17, 15) is 0 Å². The lowest BCUT2D eigenvalue weighted by atomic mass is 9.52. The molecule has 2 nitrogen and oxygen atoms in total. The van der Waals surface area contributed by atoms with E-state index in [1.165, 1.54) is 66.9 Å². The van der Waals surface area contributed by atoms with E-state index in [2.05, 4.69) is 254 Å². The average molecular weight is 781 g/mol. The molecule has 1 heterocycles. The van der Waals surface area contributed by atoms with E-state index in [1.807, 2.05) is 0 Å². The van der Waals surface area contributed by atoms with Crippen molar-refractivity contribution in [2.75, 3.05) is 9.80 Å². The molecule has 9 rings (SSSR count). The number of anilines is 3. The Morgan fingerprint density at radius 3 is 1.78 bits per heavy atom. The highest BCUT2D eigenvalue weighted by molar-refractivity contribution is 5.87. The first-order chi connectivity index (χ1) is 28.9. The van der Waals surface area contributed by atoms with Crippen molar-refractivity contribution in [1.82, 2.24) is 0 Å². The van der Waals surface area contributed by atoms with Crippen LogP contribution >= 0.6 is 0 Å². The molecule has 60 heavy (non-hydrogen) atoms. The fourth-order valence-corrected chi connectivity index (χ4v) is 10.6. The molecule has 0 N–H and O–H groups in total. The van der Waals surface area contributed by atoms with Crippen LogP contribution in [0.2, 0.25) is 0 Å². The fourth-order valence-electron chi connectivity index (χ4n) is 10.6. The van der Waals surface area contributed by atoms with E-state index in [4.69, 9.17) is 0 Å². The van der Waals surface area contributed by atoms with Crippen LogP contribution in [-0.4, -0.2) is 5.54 Å². The van der Waals surface area contributed by atoms with Crippen molar-refractivity contribution in [2.24, 2.45) is 16.7 Å². The average Bonchev–Trinajstić information content (AvgIpc) is 3.25. The lowest BCUT2D eigenvalue weighted by Gasteiger charge is -2.60. The molecular weight excluding hydrogens is 725 g/mol. The topological polar surface area (TPSA) is 6.48 Å². The van der Waals surface area contributed by atoms with Gasteiger partial charge in [0.1, 0.15) is 0 Å². The van der Waals surface area contributed by atoms with Crippen molar-refractivity contribution >= 4 is 28.2 Å². The van der Waals surface area contributed by atoms with E-state index in [0.717, 1.165) is 11.4 Å². The predicted octanol–water partition coefficient (Wildman–Crippen LogP) is 15.3. The van der Waals surface area contributed by atoms with E-state index < -0.39 is 0 Å². The Morgan fingerprint density at radius 1 is 0.633 bits per heavy atom. The highest BCUT2D eigenvalue weighted by atomic mass is 15.2. The summed E-state index contributed by atoms with van der Waals surface area (Å²) in [4.78, 5) is 4.92. The van der Waals surface area contributed by atoms with Gasteiger partial charge in [0.2, 0.25) is 0 Å². The third kappa shape index (κ3) is 6.59. The van der Waals surface area contributed by atoms with Crippen LogP contribution in [0.4, 0.5) is 17.1 Å². The summed E-state index contributed by atoms with van der Waals surface area (Å²) >= 11 is 0. The first kappa shape index (κ1) is 39.1. The minimum absolute atomic E-state index is 0.0423. The van der Waals surface area contributed by atoms with Crippen LogP contribution in [0.1, 0.15) is 69.4 Å². The van der Waals surface area contributed by atoms with Crippen LogP contribution < -0.4 is 9.80 Å². The first-order valence-electron chi connectivity index (χ1n) is 21.5. The van der Waals surface area contributed by atoms with Gasteiger partial charge in [-0.05, 0) is 121 Å². The molecule has 0 fully saturated rings. The van der Waals surface area contributed by atoms with Gasteiger partial charge in [0, 0.05) is 45.9 Å². The van der Waals surface area contributed by atoms with Crippen molar-refractivity contribution in [3.63, 3.8) is 0 Å². The summed E-state index contributed by atoms with van der Waals surface area (Å²) in [5.74, 6) is 0.360. The largest absolute Gasteiger partial charge is 0.334 e. The SMILES string of the molecule is CC1=CC(C)(C)C2=C3C(C)(C=CC2C)C(c2ccccc2)=CN(c2ccc(-c4ccc(N(C=C(c5ccccc5)c5ccccc5)c5ccc(C)cc5C)cc4)cc2)C13C. The van der Waals surface area contributed by atoms with Gasteiger partial charge in [0.25, 0.3) is 0 Å². The molecule has 0 saturated carbocycles. The van der Waals surface area contributed by atoms with E-state index >= 15 is 0 Å². The van der Waals surface area contributed by atoms with Crippen LogP contribution in [-0.2, 0) is 0 Å². The minimum atomic E-state index is -0.316. The molecular formula is C58H56N2. The number of hydrogen-bond donors (Lipinski definition) is 0. The predicted molar refractivity (Wildman–Crippen MR) is 256 cm³/mol. The van der Waals surface area contributed by atoms with E-state index in [0.29, 0.717) is 5.92 Å². The van der Waals surface area contributed by atoms with Crippen LogP contribution in [0.5, 0.6) is 0 Å². The van der Waals surface area contributed by atoms with Gasteiger partial charge in [-0.25, -0.2) is 0 Å². The Morgan fingerprint density at radius 2 is 1.20 bits per heavy atom. The highest BCUT2D eigenvalue weighted by Crippen LogP contribution is 2.63. The normalized spacial score (nSPS) is 21.5. The Hall–Kier alpha value is -6.38. The summed E-state index contributed by atoms with van der Waals surface area (Å²) in [6, 6.07) is 57.4. The van der Waals surface area contributed by atoms with Gasteiger partial charge in [0.15, 0.2) is 0 Å². The highest BCUT2D eigenvalue weighted by Gasteiger charge is 2.56. The molecule has 0 saturated heterocycles. The summed E-state index contributed by atoms with van der Waals surface area (Å²) in [5.41, 5.74) is 18.3. The minimum Gasteiger partial charge on any atom is -0.334 e. The Balaban J connectivity index is 1.12. The van der Waals surface area contributed by atoms with Gasteiger partial charge in [-0.1, -0.05) is 178 Å². The van der Waals surface area contributed by atoms with Gasteiger partial charge in [-0.15, -0.1) is 0 Å². The lowest BCUT2D eigenvalue weighted by molar-refractivity contribution is 0.388. The molecule has 6 aromatic carbocycles. The maximum atomic E-state index is 2.57. The van der Waals surface area contributed by atoms with Crippen molar-refractivity contribution in [3.05, 3.63) is 233 Å². The molecule has 1 aliphatic heterocycles. The second-order valence-corrected chi connectivity index (χ2v) is 18.1. The third-order valence-corrected chi connectivity index (χ3v) is 13.5. The summed E-state index contributed by atoms with van der Waals surface area (Å²) in [5, 5.41) is 0. The third-order valence-electron chi connectivity index (χ3n) is 13.5. The quantitative estimate of drug-likeness (QED) is 0.142. The van der Waals surface area contributed by atoms with Crippen LogP contribution in [0, 0.1) is 30.6 Å². The summed E-state index contributed by atoms with van der Waals surface area (Å²) in [6.45, 7) is 18.8. The molecule has 0 bridgehead atoms. The molecule has 298 valence electrons. The number of hydrogen-bond acceptors (Lipinski definition) is 2. The van der Waals surface area contributed by atoms with Crippen LogP contribution in [0.25, 0.3) is 22.3 Å². The molecule has 3 atom stereocenters. The number of rotatable bonds is 8. The molecule has 0 spiro atoms. The summed E-state index contributed by atoms with van der Waals surface area (Å²) in [6.07, 6.45) is 12.2. The second-order valence-electron chi connectivity index (χ2n) is 18.1. The second kappa shape index (κ2) is 15.0. The van der Waals surface area contributed by atoms with Crippen molar-refractivity contribution in [3.8, 4) is 11.1 Å². The van der Waals surface area contributed by atoms with E-state index in [-0.39, 0.29) is 16.4 Å². The standard InChI is InChI=1S/C58H56N2/c1-40-24-33-53(42(3)36-40)59(38-51(46-18-12-9-13-19-46)47-20-14-10-15-21-47)49-29-25-44(26-30-49)45-27-31-50(32-28-45)60-39-52(48-22-16-11-17-23-48)57(7)35-34-41(2)54-55(57)58(60,8)43(4)37-56(54,5)6/h9-39,41H,1-8H3. The number of benzene rings is 6. The fraction of sp³-hybridized carbons (Fsp3) is 0.207. The molecule has 0 radical (unpaired) electrons. The lowest BCUT2D eigenvalue weighted by Crippen LogP contribution is -2.57. The molecule has 3 aliphatic rings. The number of allylic oxidation sites excluding steroid dienone is 5. The maximum absolute atomic E-state index is 2.57. The van der Waals surface area contributed by atoms with Gasteiger partial charge in [-0.2, -0.15) is 0 Å². The zero-order valence-electron chi connectivity index (χ0n) is 36.4. The zero-order chi connectivity index (χ0) is 41.8. The molecule has 2 aliphatic carbocycles. The van der Waals surface area contributed by atoms with Gasteiger partial charge in [-0.3, -0.25) is 0 Å². The Labute approximate surface area is 358 Å². The number of nitrogens with zero attached hydrogens (tertiary/aromatic N) is 2. The molecule has 3 unspecified atom stereocenters. The van der Waals surface area contributed by atoms with E-state index in [1.54, 1.807) is 5.57 Å². The first-order valence-corrected chi connectivity index (χ1v) is 21.5. The Bertz CT molecular complexity index is 2670. The molecule has 2 heteroatoms. The summed E-state index contributed by atoms with van der Waals surface area (Å²) in [7, 11) is 0. The Kier molecular flexibility index (Phi) is 9.79. The van der Waals surface area contributed by atoms with Gasteiger partial charge in [0.05, 0.1) is 5.54 Å². The van der Waals surface area contributed by atoms with Crippen LogP contribution in [0.3, 0.4) is 0 Å². The molecule has 0 amide bonds. The van der Waals surface area contributed by atoms with Crippen molar-refractivity contribution in [2.45, 2.75) is 60.9 Å². The number of aryl methyl sites for hydroxylation is 2. The zero-order valence-corrected chi connectivity index (χ0v) is 36.4. The van der Waals surface area contributed by atoms with Gasteiger partial charge < -0.3 is 9.80 Å². The smallest absolute Gasteiger partial charge is 0.0853 e. The van der Waals surface area contributed by atoms with Crippen molar-refractivity contribution in [1.29, 1.82) is 0 Å². The van der Waals surface area contributed by atoms with Crippen LogP contribution in [0.15, 0.2) is 205 Å². The summed E-state index contributed by atoms with van der Waals surface area (Å²) < 4.78 is 0. The molecule has 6 aromatic rings. The van der Waals surface area contributed by atoms with Crippen molar-refractivity contribution < 1.29 is 0 Å².